The average Bonchev–Trinajstić information content (AvgIpc) is 2.28. The third-order valence-corrected chi connectivity index (χ3v) is 3.65. The summed E-state index contributed by atoms with van der Waals surface area (Å²) in [5.41, 5.74) is 0. The molecular weight excluding hydrogens is 224 g/mol. The van der Waals surface area contributed by atoms with Crippen LogP contribution in [0.25, 0.3) is 0 Å². The Morgan fingerprint density at radius 1 is 1.47 bits per heavy atom. The van der Waals surface area contributed by atoms with E-state index < -0.39 is 17.9 Å². The summed E-state index contributed by atoms with van der Waals surface area (Å²) in [6.45, 7) is 2.11. The highest BCUT2D eigenvalue weighted by Gasteiger charge is 2.44. The summed E-state index contributed by atoms with van der Waals surface area (Å²) in [7, 11) is 0. The van der Waals surface area contributed by atoms with Crippen molar-refractivity contribution in [1.29, 1.82) is 0 Å². The summed E-state index contributed by atoms with van der Waals surface area (Å²) >= 11 is 0. The molecule has 3 amide bonds. The lowest BCUT2D eigenvalue weighted by Crippen LogP contribution is -2.61. The molecule has 0 aromatic heterocycles. The van der Waals surface area contributed by atoms with E-state index in [1.807, 2.05) is 0 Å². The largest absolute Gasteiger partial charge is 0.481 e. The molecule has 2 rings (SSSR count). The Morgan fingerprint density at radius 2 is 2.18 bits per heavy atom. The Labute approximate surface area is 99.0 Å². The van der Waals surface area contributed by atoms with Crippen LogP contribution in [0.2, 0.25) is 0 Å². The molecule has 0 aromatic rings. The van der Waals surface area contributed by atoms with Gasteiger partial charge in [0, 0.05) is 12.6 Å². The van der Waals surface area contributed by atoms with Crippen molar-refractivity contribution in [3.63, 3.8) is 0 Å². The van der Waals surface area contributed by atoms with E-state index in [-0.39, 0.29) is 17.9 Å². The van der Waals surface area contributed by atoms with E-state index >= 15 is 0 Å². The number of nitrogens with one attached hydrogen (secondary N) is 1. The lowest BCUT2D eigenvalue weighted by molar-refractivity contribution is -0.146. The molecule has 2 aliphatic rings. The van der Waals surface area contributed by atoms with E-state index in [0.29, 0.717) is 25.8 Å². The van der Waals surface area contributed by atoms with Gasteiger partial charge in [-0.15, -0.1) is 0 Å². The second kappa shape index (κ2) is 4.35. The van der Waals surface area contributed by atoms with E-state index in [1.54, 1.807) is 6.92 Å². The Bertz CT molecular complexity index is 368. The van der Waals surface area contributed by atoms with Gasteiger partial charge in [-0.3, -0.25) is 14.5 Å². The van der Waals surface area contributed by atoms with Crippen LogP contribution in [0.4, 0.5) is 4.79 Å². The van der Waals surface area contributed by atoms with Crippen molar-refractivity contribution < 1.29 is 19.5 Å². The molecule has 0 spiro atoms. The molecule has 94 valence electrons. The third kappa shape index (κ3) is 1.99. The first-order valence-electron chi connectivity index (χ1n) is 5.89. The molecule has 3 atom stereocenters. The van der Waals surface area contributed by atoms with Gasteiger partial charge >= 0.3 is 12.0 Å². The molecule has 1 aliphatic heterocycles. The van der Waals surface area contributed by atoms with E-state index in [4.69, 9.17) is 5.11 Å². The number of carbonyl (C=O) groups is 3. The molecule has 17 heavy (non-hydrogen) atoms. The maximum Gasteiger partial charge on any atom is 0.324 e. The van der Waals surface area contributed by atoms with Gasteiger partial charge in [-0.25, -0.2) is 4.79 Å². The van der Waals surface area contributed by atoms with Gasteiger partial charge in [0.25, 0.3) is 0 Å². The molecule has 1 saturated heterocycles. The Balaban J connectivity index is 2.12. The van der Waals surface area contributed by atoms with E-state index in [2.05, 4.69) is 5.32 Å². The normalized spacial score (nSPS) is 33.0. The van der Waals surface area contributed by atoms with Gasteiger partial charge in [0.1, 0.15) is 0 Å². The quantitative estimate of drug-likeness (QED) is 0.732. The van der Waals surface area contributed by atoms with Crippen molar-refractivity contribution in [3.8, 4) is 0 Å². The van der Waals surface area contributed by atoms with Gasteiger partial charge < -0.3 is 10.4 Å². The Hall–Kier alpha value is -1.59. The van der Waals surface area contributed by atoms with Crippen LogP contribution in [0.3, 0.4) is 0 Å². The third-order valence-electron chi connectivity index (χ3n) is 3.65. The number of carbonyl (C=O) groups excluding carboxylic acids is 2. The van der Waals surface area contributed by atoms with Crippen molar-refractivity contribution in [3.05, 3.63) is 0 Å². The van der Waals surface area contributed by atoms with Crippen molar-refractivity contribution in [2.75, 3.05) is 6.54 Å². The highest BCUT2D eigenvalue weighted by Crippen LogP contribution is 2.32. The fraction of sp³-hybridized carbons (Fsp3) is 0.727. The van der Waals surface area contributed by atoms with Gasteiger partial charge in [0.2, 0.25) is 5.91 Å². The van der Waals surface area contributed by atoms with Crippen LogP contribution >= 0.6 is 0 Å². The molecule has 1 saturated carbocycles. The minimum Gasteiger partial charge on any atom is -0.481 e. The minimum atomic E-state index is -0.844. The second-order valence-electron chi connectivity index (χ2n) is 4.59. The predicted molar refractivity (Wildman–Crippen MR) is 58.2 cm³/mol. The Kier molecular flexibility index (Phi) is 3.04. The zero-order chi connectivity index (χ0) is 12.6. The van der Waals surface area contributed by atoms with Crippen molar-refractivity contribution in [2.45, 2.75) is 32.2 Å². The predicted octanol–water partition coefficient (Wildman–Crippen LogP) is 0.428. The molecule has 0 radical (unpaired) electrons. The zero-order valence-corrected chi connectivity index (χ0v) is 9.68. The molecule has 1 heterocycles. The van der Waals surface area contributed by atoms with E-state index in [9.17, 15) is 14.4 Å². The number of hydrogen-bond acceptors (Lipinski definition) is 3. The van der Waals surface area contributed by atoms with E-state index in [1.165, 1.54) is 4.90 Å². The summed E-state index contributed by atoms with van der Waals surface area (Å²) in [5, 5.41) is 11.7. The smallest absolute Gasteiger partial charge is 0.324 e. The highest BCUT2D eigenvalue weighted by molar-refractivity contribution is 5.98. The van der Waals surface area contributed by atoms with Gasteiger partial charge in [0.15, 0.2) is 0 Å². The lowest BCUT2D eigenvalue weighted by atomic mass is 9.76. The maximum absolute atomic E-state index is 12.0. The summed E-state index contributed by atoms with van der Waals surface area (Å²) < 4.78 is 0. The molecular formula is C11H16N2O4. The van der Waals surface area contributed by atoms with Gasteiger partial charge in [-0.2, -0.15) is 0 Å². The number of imide groups is 1. The van der Waals surface area contributed by atoms with Crippen LogP contribution in [0.15, 0.2) is 0 Å². The first-order chi connectivity index (χ1) is 8.04. The molecule has 1 aliphatic carbocycles. The van der Waals surface area contributed by atoms with Gasteiger partial charge in [0.05, 0.1) is 11.8 Å². The molecule has 6 heteroatoms. The molecule has 0 aromatic carbocycles. The van der Waals surface area contributed by atoms with E-state index in [0.717, 1.165) is 0 Å². The number of nitrogens with zero attached hydrogens (tertiary/aromatic N) is 1. The number of rotatable bonds is 2. The highest BCUT2D eigenvalue weighted by atomic mass is 16.4. The maximum atomic E-state index is 12.0. The number of amides is 3. The van der Waals surface area contributed by atoms with Crippen LogP contribution in [0.1, 0.15) is 26.2 Å². The molecule has 2 N–H and O–H groups in total. The fourth-order valence-electron chi connectivity index (χ4n) is 2.69. The van der Waals surface area contributed by atoms with Gasteiger partial charge in [-0.1, -0.05) is 0 Å². The van der Waals surface area contributed by atoms with Crippen LogP contribution in [0, 0.1) is 11.8 Å². The monoisotopic (exact) mass is 240 g/mol. The van der Waals surface area contributed by atoms with Crippen molar-refractivity contribution in [1.82, 2.24) is 10.2 Å². The van der Waals surface area contributed by atoms with Crippen LogP contribution in [-0.2, 0) is 9.59 Å². The zero-order valence-electron chi connectivity index (χ0n) is 9.68. The van der Waals surface area contributed by atoms with Crippen LogP contribution < -0.4 is 5.32 Å². The molecule has 6 nitrogen and oxygen atoms in total. The van der Waals surface area contributed by atoms with Gasteiger partial charge in [-0.05, 0) is 26.2 Å². The number of carboxylic acids is 1. The first kappa shape index (κ1) is 11.9. The minimum absolute atomic E-state index is 0.162. The number of carboxylic acid groups (broad SMARTS) is 1. The average molecular weight is 240 g/mol. The second-order valence-corrected chi connectivity index (χ2v) is 4.59. The van der Waals surface area contributed by atoms with Crippen LogP contribution in [0.5, 0.6) is 0 Å². The summed E-state index contributed by atoms with van der Waals surface area (Å²) in [6.07, 6.45) is 1.40. The van der Waals surface area contributed by atoms with Crippen molar-refractivity contribution >= 4 is 17.9 Å². The fourth-order valence-corrected chi connectivity index (χ4v) is 2.69. The topological polar surface area (TPSA) is 86.7 Å². The lowest BCUT2D eigenvalue weighted by Gasteiger charge is -2.41. The summed E-state index contributed by atoms with van der Waals surface area (Å²) in [5.74, 6) is -1.70. The number of fused-ring (bicyclic) bond motifs is 1. The SMILES string of the molecule is CCN1C(=O)NC2CC(C(=O)O)CCC2C1=O. The number of urea groups is 1. The molecule has 3 unspecified atom stereocenters. The van der Waals surface area contributed by atoms with Crippen molar-refractivity contribution in [2.24, 2.45) is 11.8 Å². The standard InChI is InChI=1S/C11H16N2O4/c1-2-13-9(14)7-4-3-6(10(15)16)5-8(7)12-11(13)17/h6-8H,2-5H2,1H3,(H,12,17)(H,15,16). The number of aliphatic carboxylic acids is 1. The summed E-state index contributed by atoms with van der Waals surface area (Å²) in [6, 6.07) is -0.711. The summed E-state index contributed by atoms with van der Waals surface area (Å²) in [4.78, 5) is 35.7. The molecule has 0 bridgehead atoms. The Morgan fingerprint density at radius 3 is 2.76 bits per heavy atom. The first-order valence-corrected chi connectivity index (χ1v) is 5.89. The molecule has 2 fully saturated rings. The number of hydrogen-bond donors (Lipinski definition) is 2. The van der Waals surface area contributed by atoms with Crippen LogP contribution in [-0.4, -0.2) is 40.5 Å².